The fourth-order valence-electron chi connectivity index (χ4n) is 10.1. The van der Waals surface area contributed by atoms with Gasteiger partial charge in [-0.15, -0.1) is 0 Å². The maximum absolute atomic E-state index is 13.3. The van der Waals surface area contributed by atoms with E-state index in [0.717, 1.165) is 61.7 Å². The Kier molecular flexibility index (Phi) is 14.3. The van der Waals surface area contributed by atoms with Crippen LogP contribution in [0.2, 0.25) is 0 Å². The van der Waals surface area contributed by atoms with Crippen LogP contribution >= 0.6 is 7.60 Å². The first-order chi connectivity index (χ1) is 21.9. The summed E-state index contributed by atoms with van der Waals surface area (Å²) in [5, 5.41) is 6.18. The highest BCUT2D eigenvalue weighted by Crippen LogP contribution is 2.67. The Morgan fingerprint density at radius 1 is 1.00 bits per heavy atom. The number of rotatable bonds is 19. The minimum absolute atomic E-state index is 0.0794. The molecule has 9 unspecified atom stereocenters. The SMILES string of the molecule is CC(C)CCCCC1CCC2C3CC=C4CC(OP(C)(=O)OCCNC(=O)C(CCCN)NCCCN)CCC4(C)C3CCC12C. The zero-order chi connectivity index (χ0) is 33.4. The van der Waals surface area contributed by atoms with Crippen LogP contribution in [0, 0.1) is 40.4 Å². The molecule has 266 valence electrons. The third kappa shape index (κ3) is 9.47. The van der Waals surface area contributed by atoms with Crippen molar-refractivity contribution in [3.63, 3.8) is 0 Å². The molecule has 8 nitrogen and oxygen atoms in total. The smallest absolute Gasteiger partial charge is 0.327 e. The van der Waals surface area contributed by atoms with Crippen molar-refractivity contribution in [2.75, 3.05) is 39.5 Å². The van der Waals surface area contributed by atoms with Crippen LogP contribution < -0.4 is 22.1 Å². The number of nitrogens with one attached hydrogen (secondary N) is 2. The van der Waals surface area contributed by atoms with E-state index in [1.165, 1.54) is 63.4 Å². The van der Waals surface area contributed by atoms with Gasteiger partial charge < -0.3 is 31.1 Å². The normalized spacial score (nSPS) is 34.3. The van der Waals surface area contributed by atoms with Crippen LogP contribution in [0.4, 0.5) is 0 Å². The van der Waals surface area contributed by atoms with Crippen molar-refractivity contribution in [1.82, 2.24) is 10.6 Å². The van der Waals surface area contributed by atoms with E-state index in [0.29, 0.717) is 31.5 Å². The molecule has 4 aliphatic carbocycles. The fourth-order valence-corrected chi connectivity index (χ4v) is 11.3. The van der Waals surface area contributed by atoms with Gasteiger partial charge in [-0.25, -0.2) is 0 Å². The van der Waals surface area contributed by atoms with Crippen LogP contribution in [0.15, 0.2) is 11.6 Å². The number of allylic oxidation sites excluding steroid dienone is 1. The van der Waals surface area contributed by atoms with Crippen LogP contribution in [0.25, 0.3) is 0 Å². The van der Waals surface area contributed by atoms with E-state index in [-0.39, 0.29) is 36.6 Å². The lowest BCUT2D eigenvalue weighted by Gasteiger charge is -2.58. The number of unbranched alkanes of at least 4 members (excludes halogenated alkanes) is 1. The van der Waals surface area contributed by atoms with Crippen LogP contribution in [0.5, 0.6) is 0 Å². The molecular weight excluding hydrogens is 595 g/mol. The lowest BCUT2D eigenvalue weighted by molar-refractivity contribution is -0.123. The molecule has 0 radical (unpaired) electrons. The number of carbonyl (C=O) groups is 1. The van der Waals surface area contributed by atoms with Crippen LogP contribution in [-0.2, 0) is 18.4 Å². The molecule has 0 bridgehead atoms. The van der Waals surface area contributed by atoms with Gasteiger partial charge in [0.05, 0.1) is 18.8 Å². The molecule has 0 heterocycles. The molecule has 0 aromatic heterocycles. The van der Waals surface area contributed by atoms with Crippen molar-refractivity contribution in [2.45, 2.75) is 136 Å². The highest BCUT2D eigenvalue weighted by Gasteiger charge is 2.58. The molecule has 0 saturated heterocycles. The van der Waals surface area contributed by atoms with Crippen LogP contribution in [0.1, 0.15) is 124 Å². The van der Waals surface area contributed by atoms with Gasteiger partial charge in [0.2, 0.25) is 5.91 Å². The van der Waals surface area contributed by atoms with E-state index >= 15 is 0 Å². The molecule has 9 atom stereocenters. The fraction of sp³-hybridized carbons (Fsp3) is 0.919. The summed E-state index contributed by atoms with van der Waals surface area (Å²) in [5.41, 5.74) is 13.5. The van der Waals surface area contributed by atoms with Gasteiger partial charge in [-0.3, -0.25) is 9.36 Å². The Bertz CT molecular complexity index is 1050. The molecular formula is C37H69N4O4P. The first-order valence-corrected chi connectivity index (χ1v) is 20.9. The van der Waals surface area contributed by atoms with E-state index in [1.807, 2.05) is 0 Å². The molecule has 0 spiro atoms. The van der Waals surface area contributed by atoms with Crippen molar-refractivity contribution < 1.29 is 18.4 Å². The molecule has 0 aromatic carbocycles. The standard InChI is InChI=1S/C37H69N4O4P/c1-27(2)10-6-7-11-28-14-16-32-31-15-13-29-26-30(17-19-37(29,4)33(31)18-20-36(28,32)3)45-46(5,43)44-25-24-41-35(42)34(12-8-21-38)40-23-9-22-39/h13,27-28,30-34,40H,6-12,14-26,38-39H2,1-5H3,(H,41,42). The first kappa shape index (κ1) is 38.0. The maximum atomic E-state index is 13.3. The molecule has 1 amide bonds. The summed E-state index contributed by atoms with van der Waals surface area (Å²) in [6.45, 7) is 13.7. The Morgan fingerprint density at radius 2 is 1.78 bits per heavy atom. The summed E-state index contributed by atoms with van der Waals surface area (Å²) >= 11 is 0. The summed E-state index contributed by atoms with van der Waals surface area (Å²) in [6, 6.07) is -0.313. The monoisotopic (exact) mass is 665 g/mol. The third-order valence-electron chi connectivity index (χ3n) is 12.7. The molecule has 9 heteroatoms. The number of carbonyl (C=O) groups excluding carboxylic acids is 1. The van der Waals surface area contributed by atoms with Crippen molar-refractivity contribution in [2.24, 2.45) is 51.9 Å². The summed E-state index contributed by atoms with van der Waals surface area (Å²) in [4.78, 5) is 12.7. The lowest BCUT2D eigenvalue weighted by atomic mass is 9.47. The topological polar surface area (TPSA) is 129 Å². The van der Waals surface area contributed by atoms with Gasteiger partial charge in [0.1, 0.15) is 0 Å². The Hall–Kier alpha value is -0.760. The Morgan fingerprint density at radius 3 is 2.52 bits per heavy atom. The molecule has 4 aliphatic rings. The average molecular weight is 665 g/mol. The second-order valence-electron chi connectivity index (χ2n) is 16.2. The summed E-state index contributed by atoms with van der Waals surface area (Å²) in [5.74, 6) is 4.09. The van der Waals surface area contributed by atoms with Gasteiger partial charge in [-0.2, -0.15) is 0 Å². The van der Waals surface area contributed by atoms with E-state index in [4.69, 9.17) is 20.5 Å². The van der Waals surface area contributed by atoms with Crippen LogP contribution in [-0.4, -0.2) is 57.5 Å². The minimum Gasteiger partial charge on any atom is -0.352 e. The molecule has 0 aromatic rings. The minimum atomic E-state index is -3.25. The summed E-state index contributed by atoms with van der Waals surface area (Å²) < 4.78 is 25.3. The predicted molar refractivity (Wildman–Crippen MR) is 190 cm³/mol. The number of hydrogen-bond acceptors (Lipinski definition) is 7. The zero-order valence-electron chi connectivity index (χ0n) is 30.0. The molecule has 0 aliphatic heterocycles. The lowest BCUT2D eigenvalue weighted by Crippen LogP contribution is -2.50. The number of hydrogen-bond donors (Lipinski definition) is 4. The van der Waals surface area contributed by atoms with Crippen molar-refractivity contribution in [3.05, 3.63) is 11.6 Å². The maximum Gasteiger partial charge on any atom is 0.327 e. The van der Waals surface area contributed by atoms with Crippen LogP contribution in [0.3, 0.4) is 0 Å². The van der Waals surface area contributed by atoms with Gasteiger partial charge in [0.15, 0.2) is 0 Å². The first-order valence-electron chi connectivity index (χ1n) is 18.9. The molecule has 3 saturated carbocycles. The van der Waals surface area contributed by atoms with E-state index < -0.39 is 7.60 Å². The quantitative estimate of drug-likeness (QED) is 0.0655. The molecule has 6 N–H and O–H groups in total. The number of fused-ring (bicyclic) bond motifs is 5. The number of nitrogens with two attached hydrogens (primary N) is 2. The summed E-state index contributed by atoms with van der Waals surface area (Å²) in [6.07, 6.45) is 20.0. The highest BCUT2D eigenvalue weighted by molar-refractivity contribution is 7.53. The van der Waals surface area contributed by atoms with E-state index in [1.54, 1.807) is 6.66 Å². The molecule has 46 heavy (non-hydrogen) atoms. The number of amides is 1. The Labute approximate surface area is 281 Å². The average Bonchev–Trinajstić information content (AvgIpc) is 3.35. The Balaban J connectivity index is 1.25. The largest absolute Gasteiger partial charge is 0.352 e. The van der Waals surface area contributed by atoms with Gasteiger partial charge in [0, 0.05) is 13.2 Å². The van der Waals surface area contributed by atoms with E-state index in [9.17, 15) is 9.36 Å². The van der Waals surface area contributed by atoms with Gasteiger partial charge >= 0.3 is 7.60 Å². The molecule has 4 rings (SSSR count). The second-order valence-corrected chi connectivity index (χ2v) is 18.2. The second kappa shape index (κ2) is 17.3. The third-order valence-corrected chi connectivity index (χ3v) is 14.0. The molecule has 3 fully saturated rings. The zero-order valence-corrected chi connectivity index (χ0v) is 30.9. The van der Waals surface area contributed by atoms with Crippen molar-refractivity contribution in [3.8, 4) is 0 Å². The van der Waals surface area contributed by atoms with Crippen molar-refractivity contribution in [1.29, 1.82) is 0 Å². The highest BCUT2D eigenvalue weighted by atomic mass is 31.2. The summed E-state index contributed by atoms with van der Waals surface area (Å²) in [7, 11) is -3.25. The van der Waals surface area contributed by atoms with Gasteiger partial charge in [0.25, 0.3) is 0 Å². The van der Waals surface area contributed by atoms with E-state index in [2.05, 4.69) is 44.4 Å². The van der Waals surface area contributed by atoms with Gasteiger partial charge in [-0.1, -0.05) is 58.6 Å². The van der Waals surface area contributed by atoms with Crippen molar-refractivity contribution >= 4 is 13.5 Å². The van der Waals surface area contributed by atoms with Gasteiger partial charge in [-0.05, 0) is 137 Å². The predicted octanol–water partition coefficient (Wildman–Crippen LogP) is 7.17.